The lowest BCUT2D eigenvalue weighted by atomic mass is 10.1. The van der Waals surface area contributed by atoms with Crippen LogP contribution >= 0.6 is 0 Å². The van der Waals surface area contributed by atoms with Gasteiger partial charge in [0.25, 0.3) is 0 Å². The summed E-state index contributed by atoms with van der Waals surface area (Å²) < 4.78 is 43.7. The molecule has 0 aliphatic heterocycles. The zero-order chi connectivity index (χ0) is 15.2. The molecule has 1 aromatic carbocycles. The molecule has 0 saturated heterocycles. The average molecular weight is 290 g/mol. The number of benzene rings is 1. The fourth-order valence-corrected chi connectivity index (χ4v) is 1.67. The van der Waals surface area contributed by atoms with Gasteiger partial charge in [0.2, 0.25) is 0 Å². The molecule has 0 heterocycles. The molecule has 0 saturated carbocycles. The van der Waals surface area contributed by atoms with Gasteiger partial charge >= 0.3 is 6.18 Å². The van der Waals surface area contributed by atoms with Gasteiger partial charge in [-0.1, -0.05) is 24.9 Å². The monoisotopic (exact) mass is 290 g/mol. The number of amidine groups is 1. The van der Waals surface area contributed by atoms with Crippen molar-refractivity contribution in [2.24, 2.45) is 10.9 Å². The highest BCUT2D eigenvalue weighted by molar-refractivity contribution is 5.99. The molecule has 4 nitrogen and oxygen atoms in total. The van der Waals surface area contributed by atoms with Gasteiger partial charge in [0.15, 0.2) is 5.84 Å². The minimum Gasteiger partial charge on any atom is -0.494 e. The van der Waals surface area contributed by atoms with Gasteiger partial charge in [-0.05, 0) is 24.6 Å². The quantitative estimate of drug-likeness (QED) is 0.277. The van der Waals surface area contributed by atoms with Crippen molar-refractivity contribution in [3.63, 3.8) is 0 Å². The lowest BCUT2D eigenvalue weighted by Gasteiger charge is -2.14. The van der Waals surface area contributed by atoms with E-state index >= 15 is 0 Å². The van der Waals surface area contributed by atoms with Gasteiger partial charge in [-0.3, -0.25) is 0 Å². The number of halogens is 3. The highest BCUT2D eigenvalue weighted by Gasteiger charge is 2.34. The third-order valence-electron chi connectivity index (χ3n) is 2.70. The standard InChI is InChI=1S/C13H17F3N2O2/c1-2-3-4-7-20-9-5-6-11(13(14,15)16)10(8-9)12(17)18-19/h5-6,8,19H,2-4,7H2,1H3,(H2,17,18). The predicted molar refractivity (Wildman–Crippen MR) is 69.0 cm³/mol. The number of nitrogens with two attached hydrogens (primary N) is 1. The summed E-state index contributed by atoms with van der Waals surface area (Å²) in [5, 5.41) is 11.2. The molecule has 0 spiro atoms. The molecule has 1 rings (SSSR count). The van der Waals surface area contributed by atoms with Gasteiger partial charge < -0.3 is 15.7 Å². The zero-order valence-electron chi connectivity index (χ0n) is 11.1. The summed E-state index contributed by atoms with van der Waals surface area (Å²) in [6, 6.07) is 3.22. The minimum atomic E-state index is -4.58. The van der Waals surface area contributed by atoms with E-state index in [1.165, 1.54) is 6.07 Å². The Hall–Kier alpha value is -1.92. The maximum atomic E-state index is 12.8. The van der Waals surface area contributed by atoms with Crippen molar-refractivity contribution in [1.29, 1.82) is 0 Å². The molecular weight excluding hydrogens is 273 g/mol. The van der Waals surface area contributed by atoms with E-state index in [-0.39, 0.29) is 5.75 Å². The summed E-state index contributed by atoms with van der Waals surface area (Å²) in [7, 11) is 0. The minimum absolute atomic E-state index is 0.260. The molecule has 0 amide bonds. The second kappa shape index (κ2) is 7.02. The zero-order valence-corrected chi connectivity index (χ0v) is 11.1. The number of alkyl halides is 3. The average Bonchev–Trinajstić information content (AvgIpc) is 2.41. The summed E-state index contributed by atoms with van der Waals surface area (Å²) in [5.74, 6) is -0.341. The van der Waals surface area contributed by atoms with Crippen molar-refractivity contribution in [1.82, 2.24) is 0 Å². The Morgan fingerprint density at radius 3 is 2.60 bits per heavy atom. The van der Waals surface area contributed by atoms with E-state index in [0.29, 0.717) is 6.61 Å². The van der Waals surface area contributed by atoms with Gasteiger partial charge in [0.1, 0.15) is 5.75 Å². The largest absolute Gasteiger partial charge is 0.494 e. The van der Waals surface area contributed by atoms with E-state index in [1.54, 1.807) is 0 Å². The predicted octanol–water partition coefficient (Wildman–Crippen LogP) is 3.37. The van der Waals surface area contributed by atoms with E-state index in [0.717, 1.165) is 31.4 Å². The molecule has 0 aromatic heterocycles. The first kappa shape index (κ1) is 16.1. The van der Waals surface area contributed by atoms with Crippen LogP contribution in [0.2, 0.25) is 0 Å². The number of hydrogen-bond donors (Lipinski definition) is 2. The van der Waals surface area contributed by atoms with Crippen molar-refractivity contribution in [3.8, 4) is 5.75 Å². The van der Waals surface area contributed by atoms with Crippen LogP contribution in [0.1, 0.15) is 37.3 Å². The van der Waals surface area contributed by atoms with Gasteiger partial charge in [-0.2, -0.15) is 13.2 Å². The van der Waals surface area contributed by atoms with Crippen molar-refractivity contribution in [2.75, 3.05) is 6.61 Å². The van der Waals surface area contributed by atoms with Crippen molar-refractivity contribution < 1.29 is 23.1 Å². The first-order valence-corrected chi connectivity index (χ1v) is 6.22. The van der Waals surface area contributed by atoms with Crippen LogP contribution < -0.4 is 10.5 Å². The molecular formula is C13H17F3N2O2. The van der Waals surface area contributed by atoms with Crippen LogP contribution in [-0.4, -0.2) is 17.6 Å². The summed E-state index contributed by atoms with van der Waals surface area (Å²) in [5.41, 5.74) is 3.92. The van der Waals surface area contributed by atoms with E-state index in [4.69, 9.17) is 15.7 Å². The van der Waals surface area contributed by atoms with Crippen molar-refractivity contribution >= 4 is 5.84 Å². The fraction of sp³-hybridized carbons (Fsp3) is 0.462. The third kappa shape index (κ3) is 4.32. The lowest BCUT2D eigenvalue weighted by molar-refractivity contribution is -0.137. The Morgan fingerprint density at radius 2 is 2.05 bits per heavy atom. The van der Waals surface area contributed by atoms with Crippen LogP contribution in [0.3, 0.4) is 0 Å². The number of oxime groups is 1. The number of nitrogens with zero attached hydrogens (tertiary/aromatic N) is 1. The molecule has 0 unspecified atom stereocenters. The Balaban J connectivity index is 2.97. The molecule has 0 aliphatic carbocycles. The highest BCUT2D eigenvalue weighted by Crippen LogP contribution is 2.33. The molecule has 0 aliphatic rings. The first-order valence-electron chi connectivity index (χ1n) is 6.22. The summed E-state index contributed by atoms with van der Waals surface area (Å²) in [6.45, 7) is 2.45. The summed E-state index contributed by atoms with van der Waals surface area (Å²) >= 11 is 0. The van der Waals surface area contributed by atoms with Crippen LogP contribution in [0.5, 0.6) is 5.75 Å². The fourth-order valence-electron chi connectivity index (χ4n) is 1.67. The van der Waals surface area contributed by atoms with Crippen LogP contribution in [0.25, 0.3) is 0 Å². The van der Waals surface area contributed by atoms with Crippen LogP contribution in [0.4, 0.5) is 13.2 Å². The number of hydrogen-bond acceptors (Lipinski definition) is 3. The van der Waals surface area contributed by atoms with Crippen LogP contribution in [0, 0.1) is 0 Å². The van der Waals surface area contributed by atoms with E-state index in [1.807, 2.05) is 6.92 Å². The smallest absolute Gasteiger partial charge is 0.417 e. The van der Waals surface area contributed by atoms with Gasteiger partial charge in [-0.25, -0.2) is 0 Å². The molecule has 7 heteroatoms. The molecule has 3 N–H and O–H groups in total. The molecule has 0 radical (unpaired) electrons. The Bertz CT molecular complexity index is 473. The lowest BCUT2D eigenvalue weighted by Crippen LogP contribution is -2.20. The maximum absolute atomic E-state index is 12.8. The normalized spacial score (nSPS) is 12.5. The van der Waals surface area contributed by atoms with E-state index in [9.17, 15) is 13.2 Å². The Morgan fingerprint density at radius 1 is 1.35 bits per heavy atom. The molecule has 1 aromatic rings. The second-order valence-electron chi connectivity index (χ2n) is 4.25. The molecule has 20 heavy (non-hydrogen) atoms. The van der Waals surface area contributed by atoms with Gasteiger partial charge in [-0.15, -0.1) is 0 Å². The summed E-state index contributed by atoms with van der Waals surface area (Å²) in [6.07, 6.45) is -1.76. The number of unbranched alkanes of at least 4 members (excludes halogenated alkanes) is 2. The number of rotatable bonds is 6. The molecule has 112 valence electrons. The Kier molecular flexibility index (Phi) is 5.66. The first-order chi connectivity index (χ1) is 9.40. The highest BCUT2D eigenvalue weighted by atomic mass is 19.4. The van der Waals surface area contributed by atoms with E-state index < -0.39 is 23.1 Å². The van der Waals surface area contributed by atoms with Gasteiger partial charge in [0, 0.05) is 5.56 Å². The Labute approximate surface area is 115 Å². The maximum Gasteiger partial charge on any atom is 0.417 e. The van der Waals surface area contributed by atoms with Gasteiger partial charge in [0.05, 0.1) is 12.2 Å². The third-order valence-corrected chi connectivity index (χ3v) is 2.70. The molecule has 0 bridgehead atoms. The molecule has 0 atom stereocenters. The van der Waals surface area contributed by atoms with Crippen LogP contribution in [0.15, 0.2) is 23.4 Å². The summed E-state index contributed by atoms with van der Waals surface area (Å²) in [4.78, 5) is 0. The SMILES string of the molecule is CCCCCOc1ccc(C(F)(F)F)c(/C(N)=N/O)c1. The van der Waals surface area contributed by atoms with Crippen LogP contribution in [-0.2, 0) is 6.18 Å². The topological polar surface area (TPSA) is 67.8 Å². The second-order valence-corrected chi connectivity index (χ2v) is 4.25. The van der Waals surface area contributed by atoms with Crippen molar-refractivity contribution in [3.05, 3.63) is 29.3 Å². The molecule has 0 fully saturated rings. The van der Waals surface area contributed by atoms with Crippen molar-refractivity contribution in [2.45, 2.75) is 32.4 Å². The number of ether oxygens (including phenoxy) is 1. The van der Waals surface area contributed by atoms with E-state index in [2.05, 4.69) is 5.16 Å².